The number of anilines is 1. The van der Waals surface area contributed by atoms with E-state index in [1.165, 1.54) is 7.11 Å². The molecule has 0 amide bonds. The second-order valence-corrected chi connectivity index (χ2v) is 5.09. The highest BCUT2D eigenvalue weighted by Gasteiger charge is 2.09. The Morgan fingerprint density at radius 3 is 2.76 bits per heavy atom. The van der Waals surface area contributed by atoms with Crippen molar-refractivity contribution in [3.05, 3.63) is 40.9 Å². The summed E-state index contributed by atoms with van der Waals surface area (Å²) in [5, 5.41) is 0. The van der Waals surface area contributed by atoms with Crippen molar-refractivity contribution in [1.82, 2.24) is 9.55 Å². The summed E-state index contributed by atoms with van der Waals surface area (Å²) in [5.74, 6) is 1.39. The molecule has 2 aromatic rings. The second-order valence-electron chi connectivity index (χ2n) is 5.09. The zero-order valence-electron chi connectivity index (χ0n) is 12.4. The first-order valence-electron chi connectivity index (χ1n) is 6.68. The number of methoxy groups -OCH3 is 1. The maximum Gasteiger partial charge on any atom is 0.313 e. The van der Waals surface area contributed by atoms with Gasteiger partial charge in [-0.05, 0) is 18.1 Å². The van der Waals surface area contributed by atoms with Crippen LogP contribution in [0.2, 0.25) is 0 Å². The first-order chi connectivity index (χ1) is 10.0. The van der Waals surface area contributed by atoms with Crippen LogP contribution in [0.4, 0.5) is 5.69 Å². The standard InChI is InChI=1S/C15H19N3O3/c1-10(2)9-18-7-6-17-14(15(18)19)21-11-4-5-13(20-3)12(16)8-11/h4-8,10H,9,16H2,1-3H3. The predicted molar refractivity (Wildman–Crippen MR) is 80.8 cm³/mol. The van der Waals surface area contributed by atoms with Crippen LogP contribution in [-0.2, 0) is 6.54 Å². The van der Waals surface area contributed by atoms with Crippen LogP contribution in [0.5, 0.6) is 17.4 Å². The third-order valence-electron chi connectivity index (χ3n) is 2.86. The van der Waals surface area contributed by atoms with Gasteiger partial charge in [-0.2, -0.15) is 0 Å². The van der Waals surface area contributed by atoms with Gasteiger partial charge in [-0.3, -0.25) is 4.79 Å². The summed E-state index contributed by atoms with van der Waals surface area (Å²) in [6.07, 6.45) is 3.20. The molecule has 0 saturated heterocycles. The molecule has 0 spiro atoms. The summed E-state index contributed by atoms with van der Waals surface area (Å²) in [5.41, 5.74) is 5.99. The highest BCUT2D eigenvalue weighted by Crippen LogP contribution is 2.27. The smallest absolute Gasteiger partial charge is 0.313 e. The Morgan fingerprint density at radius 2 is 2.14 bits per heavy atom. The van der Waals surface area contributed by atoms with E-state index in [9.17, 15) is 4.79 Å². The maximum absolute atomic E-state index is 12.2. The Morgan fingerprint density at radius 1 is 1.38 bits per heavy atom. The van der Waals surface area contributed by atoms with Gasteiger partial charge < -0.3 is 19.8 Å². The van der Waals surface area contributed by atoms with E-state index < -0.39 is 0 Å². The van der Waals surface area contributed by atoms with Gasteiger partial charge in [-0.1, -0.05) is 13.8 Å². The maximum atomic E-state index is 12.2. The molecule has 6 heteroatoms. The first-order valence-corrected chi connectivity index (χ1v) is 6.68. The predicted octanol–water partition coefficient (Wildman–Crippen LogP) is 2.28. The van der Waals surface area contributed by atoms with Crippen LogP contribution >= 0.6 is 0 Å². The number of hydrogen-bond donors (Lipinski definition) is 1. The van der Waals surface area contributed by atoms with E-state index in [0.29, 0.717) is 29.6 Å². The average Bonchev–Trinajstić information content (AvgIpc) is 2.43. The molecule has 1 aromatic carbocycles. The van der Waals surface area contributed by atoms with E-state index in [-0.39, 0.29) is 11.4 Å². The molecule has 0 saturated carbocycles. The third kappa shape index (κ3) is 3.53. The number of ether oxygens (including phenoxy) is 2. The second kappa shape index (κ2) is 6.30. The minimum atomic E-state index is -0.263. The number of rotatable bonds is 5. The van der Waals surface area contributed by atoms with Crippen molar-refractivity contribution in [3.63, 3.8) is 0 Å². The molecule has 0 unspecified atom stereocenters. The van der Waals surface area contributed by atoms with E-state index in [4.69, 9.17) is 15.2 Å². The van der Waals surface area contributed by atoms with Crippen LogP contribution in [0.3, 0.4) is 0 Å². The largest absolute Gasteiger partial charge is 0.495 e. The monoisotopic (exact) mass is 289 g/mol. The molecule has 0 aliphatic rings. The fraction of sp³-hybridized carbons (Fsp3) is 0.333. The number of hydrogen-bond acceptors (Lipinski definition) is 5. The van der Waals surface area contributed by atoms with Gasteiger partial charge in [0.15, 0.2) is 0 Å². The summed E-state index contributed by atoms with van der Waals surface area (Å²) in [4.78, 5) is 16.2. The van der Waals surface area contributed by atoms with Gasteiger partial charge in [-0.25, -0.2) is 4.98 Å². The zero-order valence-corrected chi connectivity index (χ0v) is 12.4. The normalized spacial score (nSPS) is 10.7. The molecule has 0 aliphatic heterocycles. The highest BCUT2D eigenvalue weighted by molar-refractivity contribution is 5.56. The molecule has 21 heavy (non-hydrogen) atoms. The molecule has 1 aromatic heterocycles. The van der Waals surface area contributed by atoms with E-state index in [1.807, 2.05) is 13.8 Å². The fourth-order valence-electron chi connectivity index (χ4n) is 1.92. The number of nitrogen functional groups attached to an aromatic ring is 1. The Hall–Kier alpha value is -2.50. The van der Waals surface area contributed by atoms with Crippen LogP contribution in [0.1, 0.15) is 13.8 Å². The molecule has 112 valence electrons. The number of aromatic nitrogens is 2. The summed E-state index contributed by atoms with van der Waals surface area (Å²) < 4.78 is 12.2. The molecule has 0 fully saturated rings. The minimum Gasteiger partial charge on any atom is -0.495 e. The van der Waals surface area contributed by atoms with Gasteiger partial charge >= 0.3 is 5.56 Å². The van der Waals surface area contributed by atoms with Crippen LogP contribution in [0.15, 0.2) is 35.4 Å². The number of nitrogens with two attached hydrogens (primary N) is 1. The van der Waals surface area contributed by atoms with Gasteiger partial charge in [0.2, 0.25) is 0 Å². The van der Waals surface area contributed by atoms with E-state index in [2.05, 4.69) is 4.98 Å². The summed E-state index contributed by atoms with van der Waals surface area (Å²) in [6.45, 7) is 4.69. The Bertz CT molecular complexity index is 680. The quantitative estimate of drug-likeness (QED) is 0.854. The molecular weight excluding hydrogens is 270 g/mol. The Labute approximate surface area is 123 Å². The van der Waals surface area contributed by atoms with Gasteiger partial charge in [0, 0.05) is 25.0 Å². The molecule has 0 aliphatic carbocycles. The molecule has 0 bridgehead atoms. The van der Waals surface area contributed by atoms with Crippen molar-refractivity contribution < 1.29 is 9.47 Å². The fourth-order valence-corrected chi connectivity index (χ4v) is 1.92. The molecule has 2 N–H and O–H groups in total. The topological polar surface area (TPSA) is 79.4 Å². The van der Waals surface area contributed by atoms with E-state index >= 15 is 0 Å². The van der Waals surface area contributed by atoms with E-state index in [0.717, 1.165) is 0 Å². The Balaban J connectivity index is 2.27. The lowest BCUT2D eigenvalue weighted by Gasteiger charge is -2.11. The number of benzene rings is 1. The average molecular weight is 289 g/mol. The van der Waals surface area contributed by atoms with Crippen LogP contribution < -0.4 is 20.8 Å². The molecule has 1 heterocycles. The molecule has 6 nitrogen and oxygen atoms in total. The highest BCUT2D eigenvalue weighted by atomic mass is 16.5. The summed E-state index contributed by atoms with van der Waals surface area (Å²) in [6, 6.07) is 4.95. The van der Waals surface area contributed by atoms with E-state index in [1.54, 1.807) is 35.2 Å². The van der Waals surface area contributed by atoms with Gasteiger partial charge in [0.25, 0.3) is 5.88 Å². The molecule has 0 atom stereocenters. The van der Waals surface area contributed by atoms with Crippen molar-refractivity contribution in [1.29, 1.82) is 0 Å². The van der Waals surface area contributed by atoms with Crippen LogP contribution in [0.25, 0.3) is 0 Å². The van der Waals surface area contributed by atoms with Crippen LogP contribution in [0, 0.1) is 5.92 Å². The molecule has 2 rings (SSSR count). The number of nitrogens with zero attached hydrogens (tertiary/aromatic N) is 2. The van der Waals surface area contributed by atoms with Gasteiger partial charge in [0.05, 0.1) is 12.8 Å². The lowest BCUT2D eigenvalue weighted by molar-refractivity contribution is 0.412. The molecular formula is C15H19N3O3. The van der Waals surface area contributed by atoms with Gasteiger partial charge in [0.1, 0.15) is 11.5 Å². The SMILES string of the molecule is COc1ccc(Oc2nccn(CC(C)C)c2=O)cc1N. The lowest BCUT2D eigenvalue weighted by Crippen LogP contribution is -2.23. The third-order valence-corrected chi connectivity index (χ3v) is 2.86. The van der Waals surface area contributed by atoms with Crippen molar-refractivity contribution in [2.75, 3.05) is 12.8 Å². The Kier molecular flexibility index (Phi) is 4.47. The zero-order chi connectivity index (χ0) is 15.4. The van der Waals surface area contributed by atoms with Gasteiger partial charge in [-0.15, -0.1) is 0 Å². The van der Waals surface area contributed by atoms with Crippen molar-refractivity contribution in [2.45, 2.75) is 20.4 Å². The first kappa shape index (κ1) is 14.9. The molecule has 0 radical (unpaired) electrons. The summed E-state index contributed by atoms with van der Waals surface area (Å²) in [7, 11) is 1.54. The minimum absolute atomic E-state index is 0.0303. The van der Waals surface area contributed by atoms with Crippen molar-refractivity contribution >= 4 is 5.69 Å². The van der Waals surface area contributed by atoms with Crippen molar-refractivity contribution in [3.8, 4) is 17.4 Å². The lowest BCUT2D eigenvalue weighted by atomic mass is 10.2. The van der Waals surface area contributed by atoms with Crippen LogP contribution in [-0.4, -0.2) is 16.7 Å². The van der Waals surface area contributed by atoms with Crippen molar-refractivity contribution in [2.24, 2.45) is 5.92 Å². The summed E-state index contributed by atoms with van der Waals surface area (Å²) >= 11 is 0.